The summed E-state index contributed by atoms with van der Waals surface area (Å²) in [7, 11) is 0.517. The molecule has 5 rings (SSSR count). The summed E-state index contributed by atoms with van der Waals surface area (Å²) < 4.78 is 44.7. The van der Waals surface area contributed by atoms with E-state index in [0.29, 0.717) is 33.7 Å². The molecule has 1 saturated carbocycles. The Morgan fingerprint density at radius 3 is 2.56 bits per heavy atom. The highest BCUT2D eigenvalue weighted by Gasteiger charge is 2.64. The maximum atomic E-state index is 14.5. The van der Waals surface area contributed by atoms with Gasteiger partial charge in [0.2, 0.25) is 0 Å². The van der Waals surface area contributed by atoms with Crippen LogP contribution in [0.15, 0.2) is 54.7 Å². The van der Waals surface area contributed by atoms with Gasteiger partial charge >= 0.3 is 5.92 Å². The molecule has 3 aromatic rings. The Balaban J connectivity index is 1.46. The molecule has 1 aromatic heterocycles. The molecule has 1 fully saturated rings. The fraction of sp³-hybridized carbons (Fsp3) is 0.280. The van der Waals surface area contributed by atoms with Crippen molar-refractivity contribution in [3.63, 3.8) is 0 Å². The van der Waals surface area contributed by atoms with Crippen LogP contribution in [0.3, 0.4) is 0 Å². The van der Waals surface area contributed by atoms with E-state index in [9.17, 15) is 22.8 Å². The van der Waals surface area contributed by atoms with Crippen LogP contribution in [0.4, 0.5) is 24.5 Å². The minimum atomic E-state index is -3.60. The highest BCUT2D eigenvalue weighted by Crippen LogP contribution is 2.56. The number of hydrogen-bond acceptors (Lipinski definition) is 4. The van der Waals surface area contributed by atoms with Crippen LogP contribution in [0.5, 0.6) is 0 Å². The number of benzene rings is 2. The first-order valence-electron chi connectivity index (χ1n) is 11.4. The second kappa shape index (κ2) is 8.06. The van der Waals surface area contributed by atoms with E-state index in [-0.39, 0.29) is 24.1 Å². The lowest BCUT2D eigenvalue weighted by atomic mass is 10.0. The van der Waals surface area contributed by atoms with Gasteiger partial charge in [-0.2, -0.15) is 19.1 Å². The summed E-state index contributed by atoms with van der Waals surface area (Å²) in [6.45, 7) is 2.17. The molecule has 0 radical (unpaired) electrons. The lowest BCUT2D eigenvalue weighted by Crippen LogP contribution is -2.58. The van der Waals surface area contributed by atoms with Crippen molar-refractivity contribution in [2.45, 2.75) is 43.1 Å². The molecule has 7 nitrogen and oxygen atoms in total. The van der Waals surface area contributed by atoms with Crippen LogP contribution in [0, 0.1) is 11.3 Å². The average Bonchev–Trinajstić information content (AvgIpc) is 3.46. The number of aromatic nitrogens is 2. The van der Waals surface area contributed by atoms with Crippen LogP contribution in [-0.4, -0.2) is 42.7 Å². The standard InChI is InChI=1S/C25H22F3N5O2Si/c1-23(36)14-32-20(19(13-30-32)21(34)31-17-4-2-3-15(11-17)12-29)22(35)33(23)18-7-5-16(6-8-18)25(27,28)24(26)9-10-24/h2-8,11,13H,9-10,14H2,1,36H3,(H,31,34)/t23-/m0/s1. The first-order chi connectivity index (χ1) is 17.0. The van der Waals surface area contributed by atoms with Gasteiger partial charge in [-0.25, -0.2) is 4.39 Å². The van der Waals surface area contributed by atoms with Crippen molar-refractivity contribution in [2.75, 3.05) is 10.2 Å². The molecule has 2 amide bonds. The minimum absolute atomic E-state index is 0.0563. The number of carbonyl (C=O) groups is 2. The predicted molar refractivity (Wildman–Crippen MR) is 130 cm³/mol. The number of hydrogen-bond donors (Lipinski definition) is 1. The zero-order valence-corrected chi connectivity index (χ0v) is 21.6. The van der Waals surface area contributed by atoms with Crippen molar-refractivity contribution in [1.29, 1.82) is 5.26 Å². The second-order valence-electron chi connectivity index (χ2n) is 9.75. The van der Waals surface area contributed by atoms with E-state index in [2.05, 4.69) is 10.4 Å². The van der Waals surface area contributed by atoms with Gasteiger partial charge in [0.15, 0.2) is 5.67 Å². The molecule has 0 saturated heterocycles. The van der Waals surface area contributed by atoms with Crippen LogP contribution in [-0.2, 0) is 12.5 Å². The Morgan fingerprint density at radius 1 is 1.22 bits per heavy atom. The number of carbonyl (C=O) groups excluding carboxylic acids is 2. The van der Waals surface area contributed by atoms with Crippen LogP contribution >= 0.6 is 0 Å². The molecular weight excluding hydrogens is 487 g/mol. The van der Waals surface area contributed by atoms with Crippen LogP contribution in [0.2, 0.25) is 0 Å². The fourth-order valence-corrected chi connectivity index (χ4v) is 5.31. The molecule has 184 valence electrons. The van der Waals surface area contributed by atoms with E-state index in [4.69, 9.17) is 5.26 Å². The lowest BCUT2D eigenvalue weighted by Gasteiger charge is -2.42. The topological polar surface area (TPSA) is 91.0 Å². The minimum Gasteiger partial charge on any atom is -0.322 e. The molecule has 1 aliphatic carbocycles. The first kappa shape index (κ1) is 23.8. The Bertz CT molecular complexity index is 1420. The van der Waals surface area contributed by atoms with Gasteiger partial charge in [0.25, 0.3) is 11.8 Å². The normalized spacial score (nSPS) is 20.5. The van der Waals surface area contributed by atoms with Crippen molar-refractivity contribution in [2.24, 2.45) is 0 Å². The van der Waals surface area contributed by atoms with Gasteiger partial charge in [-0.1, -0.05) is 18.2 Å². The molecule has 2 aliphatic rings. The van der Waals surface area contributed by atoms with Gasteiger partial charge in [0.05, 0.1) is 29.9 Å². The summed E-state index contributed by atoms with van der Waals surface area (Å²) in [6.07, 6.45) is 0.957. The van der Waals surface area contributed by atoms with Crippen molar-refractivity contribution >= 4 is 33.4 Å². The van der Waals surface area contributed by atoms with E-state index >= 15 is 0 Å². The van der Waals surface area contributed by atoms with Crippen molar-refractivity contribution < 1.29 is 22.8 Å². The summed E-state index contributed by atoms with van der Waals surface area (Å²) in [5.74, 6) is -4.66. The number of nitrogens with zero attached hydrogens (tertiary/aromatic N) is 4. The zero-order valence-electron chi connectivity index (χ0n) is 19.6. The van der Waals surface area contributed by atoms with Gasteiger partial charge in [-0.05, 0) is 50.1 Å². The molecule has 1 N–H and O–H groups in total. The molecule has 36 heavy (non-hydrogen) atoms. The van der Waals surface area contributed by atoms with Crippen LogP contribution in [0.1, 0.15) is 51.7 Å². The molecule has 11 heteroatoms. The van der Waals surface area contributed by atoms with Gasteiger partial charge in [-0.3, -0.25) is 14.3 Å². The quantitative estimate of drug-likeness (QED) is 0.534. The monoisotopic (exact) mass is 509 g/mol. The van der Waals surface area contributed by atoms with E-state index in [0.717, 1.165) is 12.1 Å². The van der Waals surface area contributed by atoms with Crippen molar-refractivity contribution in [3.05, 3.63) is 77.1 Å². The van der Waals surface area contributed by atoms with E-state index in [1.165, 1.54) is 34.0 Å². The number of fused-ring (bicyclic) bond motifs is 1. The molecule has 2 aromatic carbocycles. The molecule has 0 unspecified atom stereocenters. The number of nitriles is 1. The number of alkyl halides is 3. The molecule has 1 aliphatic heterocycles. The van der Waals surface area contributed by atoms with Gasteiger partial charge in [0.1, 0.15) is 5.69 Å². The maximum absolute atomic E-state index is 14.5. The summed E-state index contributed by atoms with van der Waals surface area (Å²) in [4.78, 5) is 28.2. The maximum Gasteiger partial charge on any atom is 0.306 e. The third kappa shape index (κ3) is 3.78. The number of amides is 2. The molecule has 0 spiro atoms. The number of nitrogens with one attached hydrogen (secondary N) is 1. The largest absolute Gasteiger partial charge is 0.322 e. The molecule has 0 bridgehead atoms. The van der Waals surface area contributed by atoms with Crippen molar-refractivity contribution in [3.8, 4) is 6.07 Å². The molecular formula is C25H22F3N5O2Si. The number of rotatable bonds is 5. The van der Waals surface area contributed by atoms with Gasteiger partial charge in [-0.15, -0.1) is 0 Å². The Kier molecular flexibility index (Phi) is 5.33. The summed E-state index contributed by atoms with van der Waals surface area (Å²) in [5, 5.41) is 15.4. The summed E-state index contributed by atoms with van der Waals surface area (Å²) >= 11 is 0. The van der Waals surface area contributed by atoms with Crippen molar-refractivity contribution in [1.82, 2.24) is 9.78 Å². The Labute approximate surface area is 207 Å². The van der Waals surface area contributed by atoms with E-state index in [1.807, 2.05) is 13.0 Å². The highest BCUT2D eigenvalue weighted by molar-refractivity contribution is 6.25. The van der Waals surface area contributed by atoms with Crippen LogP contribution in [0.25, 0.3) is 0 Å². The Morgan fingerprint density at radius 2 is 1.92 bits per heavy atom. The number of anilines is 2. The molecule has 1 atom stereocenters. The fourth-order valence-electron chi connectivity index (χ4n) is 4.55. The van der Waals surface area contributed by atoms with E-state index in [1.54, 1.807) is 18.2 Å². The summed E-state index contributed by atoms with van der Waals surface area (Å²) in [5.41, 5.74) is -1.67. The smallest absolute Gasteiger partial charge is 0.306 e. The van der Waals surface area contributed by atoms with E-state index < -0.39 is 34.1 Å². The summed E-state index contributed by atoms with van der Waals surface area (Å²) in [6, 6.07) is 13.5. The lowest BCUT2D eigenvalue weighted by molar-refractivity contribution is -0.0939. The van der Waals surface area contributed by atoms with Crippen LogP contribution < -0.4 is 10.2 Å². The SMILES string of the molecule is C[C@]1([SiH3])Cn2ncc(C(=O)Nc3cccc(C#N)c3)c2C(=O)N1c1ccc(C(F)(F)C2(F)CC2)cc1. The third-order valence-corrected chi connectivity index (χ3v) is 7.38. The Hall–Kier alpha value is -3.91. The third-order valence-electron chi connectivity index (χ3n) is 6.62. The molecule has 2 heterocycles. The predicted octanol–water partition coefficient (Wildman–Crippen LogP) is 3.34. The first-order valence-corrected chi connectivity index (χ1v) is 12.4. The van der Waals surface area contributed by atoms with Gasteiger partial charge in [0, 0.05) is 32.3 Å². The van der Waals surface area contributed by atoms with Gasteiger partial charge < -0.3 is 10.2 Å². The number of halogens is 3. The highest BCUT2D eigenvalue weighted by atomic mass is 28.1. The second-order valence-corrected chi connectivity index (χ2v) is 11.9. The zero-order chi connectivity index (χ0) is 25.9. The average molecular weight is 510 g/mol.